The van der Waals surface area contributed by atoms with Gasteiger partial charge < -0.3 is 5.32 Å². The SMILES string of the molecule is Clc1ccc2c(Nc3ccc(-c4ccccc4)cc3)ccnc2c1. The maximum absolute atomic E-state index is 6.05. The Morgan fingerprint density at radius 1 is 0.750 bits per heavy atom. The summed E-state index contributed by atoms with van der Waals surface area (Å²) in [6.45, 7) is 0. The molecule has 0 aliphatic carbocycles. The molecule has 0 fully saturated rings. The summed E-state index contributed by atoms with van der Waals surface area (Å²) < 4.78 is 0. The highest BCUT2D eigenvalue weighted by Gasteiger charge is 2.04. The maximum atomic E-state index is 6.05. The summed E-state index contributed by atoms with van der Waals surface area (Å²) in [7, 11) is 0. The van der Waals surface area contributed by atoms with Gasteiger partial charge in [-0.15, -0.1) is 0 Å². The van der Waals surface area contributed by atoms with Crippen LogP contribution in [0.15, 0.2) is 85.1 Å². The van der Waals surface area contributed by atoms with Gasteiger partial charge in [-0.1, -0.05) is 54.1 Å². The molecule has 0 aliphatic heterocycles. The van der Waals surface area contributed by atoms with Crippen LogP contribution in [0.4, 0.5) is 11.4 Å². The Morgan fingerprint density at radius 3 is 2.29 bits per heavy atom. The van der Waals surface area contributed by atoms with Gasteiger partial charge in [0.25, 0.3) is 0 Å². The maximum Gasteiger partial charge on any atom is 0.0737 e. The van der Waals surface area contributed by atoms with E-state index >= 15 is 0 Å². The van der Waals surface area contributed by atoms with E-state index in [-0.39, 0.29) is 0 Å². The van der Waals surface area contributed by atoms with Crippen LogP contribution in [0, 0.1) is 0 Å². The van der Waals surface area contributed by atoms with Gasteiger partial charge in [0.15, 0.2) is 0 Å². The van der Waals surface area contributed by atoms with Crippen molar-refractivity contribution in [3.05, 3.63) is 90.1 Å². The Balaban J connectivity index is 1.64. The molecule has 24 heavy (non-hydrogen) atoms. The Labute approximate surface area is 145 Å². The van der Waals surface area contributed by atoms with Crippen LogP contribution in [-0.4, -0.2) is 4.98 Å². The summed E-state index contributed by atoms with van der Waals surface area (Å²) in [5.41, 5.74) is 5.36. The van der Waals surface area contributed by atoms with Crippen molar-refractivity contribution in [2.45, 2.75) is 0 Å². The van der Waals surface area contributed by atoms with Gasteiger partial charge in [0, 0.05) is 28.0 Å². The Bertz CT molecular complexity index is 980. The van der Waals surface area contributed by atoms with Gasteiger partial charge in [0.1, 0.15) is 0 Å². The molecule has 4 rings (SSSR count). The predicted molar refractivity (Wildman–Crippen MR) is 102 cm³/mol. The first-order valence-corrected chi connectivity index (χ1v) is 8.14. The third-order valence-electron chi connectivity index (χ3n) is 3.98. The number of hydrogen-bond acceptors (Lipinski definition) is 2. The van der Waals surface area contributed by atoms with Crippen LogP contribution in [0.2, 0.25) is 5.02 Å². The molecule has 0 atom stereocenters. The van der Waals surface area contributed by atoms with E-state index in [4.69, 9.17) is 11.6 Å². The lowest BCUT2D eigenvalue weighted by atomic mass is 10.1. The number of fused-ring (bicyclic) bond motifs is 1. The number of pyridine rings is 1. The average molecular weight is 331 g/mol. The fourth-order valence-corrected chi connectivity index (χ4v) is 2.93. The van der Waals surface area contributed by atoms with E-state index < -0.39 is 0 Å². The monoisotopic (exact) mass is 330 g/mol. The summed E-state index contributed by atoms with van der Waals surface area (Å²) >= 11 is 6.05. The average Bonchev–Trinajstić information content (AvgIpc) is 2.63. The molecule has 3 heteroatoms. The first kappa shape index (κ1) is 14.7. The largest absolute Gasteiger partial charge is 0.355 e. The Morgan fingerprint density at radius 2 is 1.50 bits per heavy atom. The van der Waals surface area contributed by atoms with E-state index in [1.807, 2.05) is 30.3 Å². The molecular weight excluding hydrogens is 316 g/mol. The standard InChI is InChI=1S/C21H15ClN2/c22-17-8-11-19-20(12-13-23-21(19)14-17)24-18-9-6-16(7-10-18)15-4-2-1-3-5-15/h1-14H,(H,23,24). The zero-order valence-electron chi connectivity index (χ0n) is 12.9. The predicted octanol–water partition coefficient (Wildman–Crippen LogP) is 6.30. The van der Waals surface area contributed by atoms with Gasteiger partial charge in [0.2, 0.25) is 0 Å². The second kappa shape index (κ2) is 6.34. The van der Waals surface area contributed by atoms with E-state index in [0.29, 0.717) is 5.02 Å². The highest BCUT2D eigenvalue weighted by Crippen LogP contribution is 2.28. The molecule has 1 aromatic heterocycles. The van der Waals surface area contributed by atoms with Gasteiger partial charge in [-0.2, -0.15) is 0 Å². The summed E-state index contributed by atoms with van der Waals surface area (Å²) in [6, 6.07) is 26.5. The van der Waals surface area contributed by atoms with Crippen molar-refractivity contribution in [3.63, 3.8) is 0 Å². The fourth-order valence-electron chi connectivity index (χ4n) is 2.76. The number of nitrogens with zero attached hydrogens (tertiary/aromatic N) is 1. The molecule has 0 aliphatic rings. The number of hydrogen-bond donors (Lipinski definition) is 1. The molecule has 0 unspecified atom stereocenters. The van der Waals surface area contributed by atoms with Gasteiger partial charge in [-0.05, 0) is 47.5 Å². The smallest absolute Gasteiger partial charge is 0.0737 e. The highest BCUT2D eigenvalue weighted by molar-refractivity contribution is 6.31. The van der Waals surface area contributed by atoms with Gasteiger partial charge in [0.05, 0.1) is 5.52 Å². The normalized spacial score (nSPS) is 10.7. The molecule has 0 saturated heterocycles. The number of nitrogens with one attached hydrogen (secondary N) is 1. The first-order chi connectivity index (χ1) is 11.8. The second-order valence-electron chi connectivity index (χ2n) is 5.59. The van der Waals surface area contributed by atoms with E-state index in [9.17, 15) is 0 Å². The zero-order chi connectivity index (χ0) is 16.4. The molecule has 0 amide bonds. The molecule has 1 heterocycles. The Kier molecular flexibility index (Phi) is 3.89. The molecular formula is C21H15ClN2. The third kappa shape index (κ3) is 2.97. The third-order valence-corrected chi connectivity index (χ3v) is 4.21. The molecule has 1 N–H and O–H groups in total. The summed E-state index contributed by atoms with van der Waals surface area (Å²) in [5.74, 6) is 0. The van der Waals surface area contributed by atoms with Crippen molar-refractivity contribution in [2.75, 3.05) is 5.32 Å². The van der Waals surface area contributed by atoms with E-state index in [0.717, 1.165) is 22.3 Å². The lowest BCUT2D eigenvalue weighted by Crippen LogP contribution is -1.92. The van der Waals surface area contributed by atoms with Crippen molar-refractivity contribution in [3.8, 4) is 11.1 Å². The molecule has 0 saturated carbocycles. The molecule has 116 valence electrons. The minimum absolute atomic E-state index is 0.694. The van der Waals surface area contributed by atoms with Crippen LogP contribution in [0.1, 0.15) is 0 Å². The number of halogens is 1. The van der Waals surface area contributed by atoms with Crippen molar-refractivity contribution < 1.29 is 0 Å². The van der Waals surface area contributed by atoms with Gasteiger partial charge >= 0.3 is 0 Å². The number of anilines is 2. The quantitative estimate of drug-likeness (QED) is 0.477. The van der Waals surface area contributed by atoms with E-state index in [1.54, 1.807) is 6.20 Å². The molecule has 0 spiro atoms. The zero-order valence-corrected chi connectivity index (χ0v) is 13.7. The topological polar surface area (TPSA) is 24.9 Å². The van der Waals surface area contributed by atoms with Gasteiger partial charge in [-0.3, -0.25) is 4.98 Å². The lowest BCUT2D eigenvalue weighted by molar-refractivity contribution is 1.40. The van der Waals surface area contributed by atoms with Crippen LogP contribution < -0.4 is 5.32 Å². The molecule has 4 aromatic rings. The van der Waals surface area contributed by atoms with Crippen LogP contribution in [-0.2, 0) is 0 Å². The highest BCUT2D eigenvalue weighted by atomic mass is 35.5. The molecule has 0 bridgehead atoms. The van der Waals surface area contributed by atoms with Crippen LogP contribution in [0.5, 0.6) is 0 Å². The van der Waals surface area contributed by atoms with Crippen molar-refractivity contribution in [2.24, 2.45) is 0 Å². The Hall–Kier alpha value is -2.84. The van der Waals surface area contributed by atoms with Crippen molar-refractivity contribution in [1.82, 2.24) is 4.98 Å². The lowest BCUT2D eigenvalue weighted by Gasteiger charge is -2.10. The minimum Gasteiger partial charge on any atom is -0.355 e. The molecule has 2 nitrogen and oxygen atoms in total. The fraction of sp³-hybridized carbons (Fsp3) is 0. The summed E-state index contributed by atoms with van der Waals surface area (Å²) in [6.07, 6.45) is 1.79. The second-order valence-corrected chi connectivity index (χ2v) is 6.02. The summed E-state index contributed by atoms with van der Waals surface area (Å²) in [4.78, 5) is 4.37. The number of benzene rings is 3. The van der Waals surface area contributed by atoms with Crippen molar-refractivity contribution >= 4 is 33.9 Å². The van der Waals surface area contributed by atoms with E-state index in [1.165, 1.54) is 11.1 Å². The minimum atomic E-state index is 0.694. The number of rotatable bonds is 3. The van der Waals surface area contributed by atoms with Crippen molar-refractivity contribution in [1.29, 1.82) is 0 Å². The number of aromatic nitrogens is 1. The molecule has 3 aromatic carbocycles. The first-order valence-electron chi connectivity index (χ1n) is 7.76. The summed E-state index contributed by atoms with van der Waals surface area (Å²) in [5, 5.41) is 5.21. The molecule has 0 radical (unpaired) electrons. The van der Waals surface area contributed by atoms with Crippen LogP contribution >= 0.6 is 11.6 Å². The van der Waals surface area contributed by atoms with Crippen LogP contribution in [0.3, 0.4) is 0 Å². The van der Waals surface area contributed by atoms with Gasteiger partial charge in [-0.25, -0.2) is 0 Å². The van der Waals surface area contributed by atoms with Crippen LogP contribution in [0.25, 0.3) is 22.0 Å². The van der Waals surface area contributed by atoms with E-state index in [2.05, 4.69) is 58.8 Å².